The smallest absolute Gasteiger partial charge is 0.217 e. The summed E-state index contributed by atoms with van der Waals surface area (Å²) in [5.41, 5.74) is 7.69. The third-order valence-electron chi connectivity index (χ3n) is 2.32. The summed E-state index contributed by atoms with van der Waals surface area (Å²) in [6, 6.07) is 8.53. The van der Waals surface area contributed by atoms with Gasteiger partial charge in [-0.2, -0.15) is 0 Å². The van der Waals surface area contributed by atoms with E-state index in [1.807, 2.05) is 0 Å². The van der Waals surface area contributed by atoms with Gasteiger partial charge in [-0.25, -0.2) is 0 Å². The number of benzene rings is 1. The van der Waals surface area contributed by atoms with E-state index in [1.54, 1.807) is 0 Å². The maximum absolute atomic E-state index is 10.5. The van der Waals surface area contributed by atoms with Crippen LogP contribution in [-0.4, -0.2) is 5.91 Å². The number of rotatable bonds is 5. The molecule has 0 heterocycles. The van der Waals surface area contributed by atoms with Gasteiger partial charge >= 0.3 is 0 Å². The molecule has 0 fully saturated rings. The molecule has 1 amide bonds. The van der Waals surface area contributed by atoms with Crippen LogP contribution in [0.3, 0.4) is 0 Å². The lowest BCUT2D eigenvalue weighted by Gasteiger charge is -2.01. The minimum Gasteiger partial charge on any atom is -0.370 e. The van der Waals surface area contributed by atoms with Gasteiger partial charge in [-0.05, 0) is 30.4 Å². The minimum atomic E-state index is -0.213. The average Bonchev–Trinajstić information content (AvgIpc) is 2.18. The quantitative estimate of drug-likeness (QED) is 0.766. The zero-order valence-electron chi connectivity index (χ0n) is 8.62. The Kier molecular flexibility index (Phi) is 4.17. The fourth-order valence-corrected chi connectivity index (χ4v) is 1.41. The average molecular weight is 193 g/mol. The minimum absolute atomic E-state index is 0. The van der Waals surface area contributed by atoms with Crippen LogP contribution >= 0.6 is 0 Å². The Balaban J connectivity index is 0.00000196. The van der Waals surface area contributed by atoms with Crippen molar-refractivity contribution in [3.63, 3.8) is 0 Å². The number of aryl methyl sites for hydroxylation is 2. The fourth-order valence-electron chi connectivity index (χ4n) is 1.41. The second-order valence-corrected chi connectivity index (χ2v) is 3.49. The third kappa shape index (κ3) is 3.60. The summed E-state index contributed by atoms with van der Waals surface area (Å²) in [7, 11) is 0. The van der Waals surface area contributed by atoms with Crippen LogP contribution in [0.25, 0.3) is 0 Å². The van der Waals surface area contributed by atoms with Crippen molar-refractivity contribution >= 4 is 5.91 Å². The summed E-state index contributed by atoms with van der Waals surface area (Å²) < 4.78 is 0. The standard InChI is InChI=1S/C12H17NO.H2/c1-2-10-6-8-11(9-7-10)4-3-5-12(13)14;/h6-9H,2-5H2,1H3,(H2,13,14);1H. The number of hydrogen-bond acceptors (Lipinski definition) is 1. The molecule has 1 aromatic rings. The van der Waals surface area contributed by atoms with Crippen LogP contribution in [0.4, 0.5) is 0 Å². The molecule has 2 N–H and O–H groups in total. The van der Waals surface area contributed by atoms with Crippen molar-refractivity contribution in [2.24, 2.45) is 5.73 Å². The third-order valence-corrected chi connectivity index (χ3v) is 2.32. The lowest BCUT2D eigenvalue weighted by atomic mass is 10.1. The molecule has 0 aliphatic carbocycles. The van der Waals surface area contributed by atoms with Gasteiger partial charge < -0.3 is 5.73 Å². The van der Waals surface area contributed by atoms with Gasteiger partial charge in [-0.3, -0.25) is 4.79 Å². The highest BCUT2D eigenvalue weighted by Gasteiger charge is 1.96. The molecule has 14 heavy (non-hydrogen) atoms. The molecular weight excluding hydrogens is 174 g/mol. The molecule has 0 unspecified atom stereocenters. The molecule has 0 saturated carbocycles. The van der Waals surface area contributed by atoms with Gasteiger partial charge in [0.1, 0.15) is 0 Å². The summed E-state index contributed by atoms with van der Waals surface area (Å²) in [5.74, 6) is -0.213. The molecular formula is C12H19NO. The van der Waals surface area contributed by atoms with E-state index in [0.717, 1.165) is 19.3 Å². The molecule has 0 aromatic heterocycles. The van der Waals surface area contributed by atoms with Crippen molar-refractivity contribution in [2.45, 2.75) is 32.6 Å². The molecule has 2 nitrogen and oxygen atoms in total. The zero-order chi connectivity index (χ0) is 10.4. The van der Waals surface area contributed by atoms with E-state index in [4.69, 9.17) is 5.73 Å². The van der Waals surface area contributed by atoms with E-state index in [1.165, 1.54) is 11.1 Å². The highest BCUT2D eigenvalue weighted by atomic mass is 16.1. The van der Waals surface area contributed by atoms with Gasteiger partial charge in [0, 0.05) is 7.85 Å². The fraction of sp³-hybridized carbons (Fsp3) is 0.417. The number of amides is 1. The van der Waals surface area contributed by atoms with Crippen LogP contribution in [0.1, 0.15) is 32.3 Å². The SMILES string of the molecule is CCc1ccc(CCCC(N)=O)cc1.[HH]. The maximum Gasteiger partial charge on any atom is 0.217 e. The molecule has 0 bridgehead atoms. The first-order chi connectivity index (χ1) is 6.72. The Morgan fingerprint density at radius 1 is 1.29 bits per heavy atom. The van der Waals surface area contributed by atoms with Crippen LogP contribution in [0, 0.1) is 0 Å². The Morgan fingerprint density at radius 3 is 2.36 bits per heavy atom. The highest BCUT2D eigenvalue weighted by Crippen LogP contribution is 2.08. The van der Waals surface area contributed by atoms with Gasteiger partial charge in [0.2, 0.25) is 5.91 Å². The molecule has 0 aliphatic rings. The van der Waals surface area contributed by atoms with Gasteiger partial charge in [-0.15, -0.1) is 0 Å². The highest BCUT2D eigenvalue weighted by molar-refractivity contribution is 5.73. The van der Waals surface area contributed by atoms with Crippen molar-refractivity contribution in [3.05, 3.63) is 35.4 Å². The Bertz CT molecular complexity index is 295. The maximum atomic E-state index is 10.5. The normalized spacial score (nSPS) is 10.1. The number of carbonyl (C=O) groups is 1. The second kappa shape index (κ2) is 5.43. The van der Waals surface area contributed by atoms with Crippen LogP contribution < -0.4 is 5.73 Å². The van der Waals surface area contributed by atoms with Crippen LogP contribution in [0.15, 0.2) is 24.3 Å². The topological polar surface area (TPSA) is 43.1 Å². The lowest BCUT2D eigenvalue weighted by molar-refractivity contribution is -0.118. The van der Waals surface area contributed by atoms with Gasteiger partial charge in [0.05, 0.1) is 0 Å². The molecule has 78 valence electrons. The van der Waals surface area contributed by atoms with Crippen molar-refractivity contribution in [1.29, 1.82) is 0 Å². The lowest BCUT2D eigenvalue weighted by Crippen LogP contribution is -2.10. The van der Waals surface area contributed by atoms with E-state index in [2.05, 4.69) is 31.2 Å². The molecule has 0 saturated heterocycles. The van der Waals surface area contributed by atoms with Crippen molar-refractivity contribution in [2.75, 3.05) is 0 Å². The first-order valence-corrected chi connectivity index (χ1v) is 5.08. The van der Waals surface area contributed by atoms with Crippen molar-refractivity contribution in [3.8, 4) is 0 Å². The summed E-state index contributed by atoms with van der Waals surface area (Å²) >= 11 is 0. The van der Waals surface area contributed by atoms with Crippen LogP contribution in [-0.2, 0) is 17.6 Å². The monoisotopic (exact) mass is 193 g/mol. The van der Waals surface area contributed by atoms with Crippen LogP contribution in [0.2, 0.25) is 0 Å². The Labute approximate surface area is 86.6 Å². The predicted octanol–water partition coefficient (Wildman–Crippen LogP) is 2.30. The van der Waals surface area contributed by atoms with E-state index in [0.29, 0.717) is 6.42 Å². The van der Waals surface area contributed by atoms with E-state index in [9.17, 15) is 4.79 Å². The number of carbonyl (C=O) groups excluding carboxylic acids is 1. The first-order valence-electron chi connectivity index (χ1n) is 5.08. The Hall–Kier alpha value is -1.31. The van der Waals surface area contributed by atoms with Crippen molar-refractivity contribution < 1.29 is 6.22 Å². The summed E-state index contributed by atoms with van der Waals surface area (Å²) in [4.78, 5) is 10.5. The van der Waals surface area contributed by atoms with Crippen LogP contribution in [0.5, 0.6) is 0 Å². The zero-order valence-corrected chi connectivity index (χ0v) is 8.62. The molecule has 0 radical (unpaired) electrons. The summed E-state index contributed by atoms with van der Waals surface area (Å²) in [5, 5.41) is 0. The first kappa shape index (κ1) is 10.8. The largest absolute Gasteiger partial charge is 0.370 e. The number of primary amides is 1. The number of nitrogens with two attached hydrogens (primary N) is 1. The molecule has 0 aliphatic heterocycles. The van der Waals surface area contributed by atoms with Gasteiger partial charge in [0.25, 0.3) is 0 Å². The van der Waals surface area contributed by atoms with E-state index < -0.39 is 0 Å². The van der Waals surface area contributed by atoms with Gasteiger partial charge in [-0.1, -0.05) is 31.2 Å². The Morgan fingerprint density at radius 2 is 1.86 bits per heavy atom. The predicted molar refractivity (Wildman–Crippen MR) is 60.1 cm³/mol. The molecule has 1 aromatic carbocycles. The molecule has 0 spiro atoms. The molecule has 0 atom stereocenters. The number of hydrogen-bond donors (Lipinski definition) is 1. The van der Waals surface area contributed by atoms with Crippen molar-refractivity contribution in [1.82, 2.24) is 0 Å². The van der Waals surface area contributed by atoms with E-state index >= 15 is 0 Å². The van der Waals surface area contributed by atoms with E-state index in [-0.39, 0.29) is 7.33 Å². The molecule has 2 heteroatoms. The summed E-state index contributed by atoms with van der Waals surface area (Å²) in [6.45, 7) is 2.14. The molecule has 1 rings (SSSR count). The summed E-state index contributed by atoms with van der Waals surface area (Å²) in [6.07, 6.45) is 3.34. The van der Waals surface area contributed by atoms with Gasteiger partial charge in [0.15, 0.2) is 0 Å². The second-order valence-electron chi connectivity index (χ2n) is 3.49.